The van der Waals surface area contributed by atoms with Crippen molar-refractivity contribution in [2.24, 2.45) is 7.05 Å². The molecule has 0 aliphatic carbocycles. The minimum absolute atomic E-state index is 0.554. The number of anilines is 1. The molecule has 0 saturated heterocycles. The van der Waals surface area contributed by atoms with Gasteiger partial charge in [0.15, 0.2) is 10.9 Å². The van der Waals surface area contributed by atoms with Gasteiger partial charge >= 0.3 is 0 Å². The van der Waals surface area contributed by atoms with E-state index in [0.29, 0.717) is 11.7 Å². The Morgan fingerprint density at radius 1 is 1.50 bits per heavy atom. The molecule has 96 valence electrons. The first-order chi connectivity index (χ1) is 8.67. The molecule has 0 radical (unpaired) electrons. The van der Waals surface area contributed by atoms with Gasteiger partial charge in [-0.2, -0.15) is 10.2 Å². The Hall–Kier alpha value is -1.89. The Morgan fingerprint density at radius 2 is 2.33 bits per heavy atom. The van der Waals surface area contributed by atoms with Gasteiger partial charge in [0, 0.05) is 44.2 Å². The molecule has 0 saturated carbocycles. The van der Waals surface area contributed by atoms with E-state index < -0.39 is 0 Å². The zero-order valence-corrected chi connectivity index (χ0v) is 11.2. The molecule has 0 bridgehead atoms. The molecule has 6 nitrogen and oxygen atoms in total. The van der Waals surface area contributed by atoms with Gasteiger partial charge < -0.3 is 10.6 Å². The van der Waals surface area contributed by atoms with Crippen molar-refractivity contribution in [1.82, 2.24) is 24.9 Å². The predicted octanol–water partition coefficient (Wildman–Crippen LogP) is 1.12. The van der Waals surface area contributed by atoms with Crippen molar-refractivity contribution in [1.29, 1.82) is 0 Å². The van der Waals surface area contributed by atoms with Crippen LogP contribution in [-0.2, 0) is 20.1 Å². The maximum atomic E-state index is 5.18. The van der Waals surface area contributed by atoms with Crippen molar-refractivity contribution >= 4 is 23.1 Å². The average molecular weight is 264 g/mol. The highest BCUT2D eigenvalue weighted by atomic mass is 32.1. The molecule has 0 atom stereocenters. The van der Waals surface area contributed by atoms with E-state index in [2.05, 4.69) is 27.8 Å². The maximum Gasteiger partial charge on any atom is 0.172 e. The van der Waals surface area contributed by atoms with E-state index in [-0.39, 0.29) is 0 Å². The van der Waals surface area contributed by atoms with E-state index in [4.69, 9.17) is 12.2 Å². The summed E-state index contributed by atoms with van der Waals surface area (Å²) in [6.07, 6.45) is 5.69. The van der Waals surface area contributed by atoms with E-state index in [1.165, 1.54) is 0 Å². The number of hydrogen-bond acceptors (Lipinski definition) is 3. The summed E-state index contributed by atoms with van der Waals surface area (Å²) in [4.78, 5) is 0. The van der Waals surface area contributed by atoms with Crippen LogP contribution in [0.15, 0.2) is 24.7 Å². The molecule has 0 amide bonds. The van der Waals surface area contributed by atoms with E-state index in [1.807, 2.05) is 36.4 Å². The summed E-state index contributed by atoms with van der Waals surface area (Å²) in [5.74, 6) is 0.735. The van der Waals surface area contributed by atoms with Gasteiger partial charge in [-0.15, -0.1) is 0 Å². The topological polar surface area (TPSA) is 59.7 Å². The molecule has 0 unspecified atom stereocenters. The Bertz CT molecular complexity index is 529. The quantitative estimate of drug-likeness (QED) is 0.811. The van der Waals surface area contributed by atoms with Crippen LogP contribution in [0.5, 0.6) is 0 Å². The number of rotatable bonds is 4. The first-order valence-corrected chi connectivity index (χ1v) is 6.14. The van der Waals surface area contributed by atoms with Crippen LogP contribution in [0.25, 0.3) is 0 Å². The van der Waals surface area contributed by atoms with Gasteiger partial charge in [-0.3, -0.25) is 9.36 Å². The predicted molar refractivity (Wildman–Crippen MR) is 74.2 cm³/mol. The number of thiocarbonyl (C=S) groups is 1. The fraction of sp³-hybridized carbons (Fsp3) is 0.364. The second-order valence-corrected chi connectivity index (χ2v) is 4.29. The molecule has 2 N–H and O–H groups in total. The van der Waals surface area contributed by atoms with Crippen LogP contribution in [0, 0.1) is 0 Å². The van der Waals surface area contributed by atoms with Crippen LogP contribution in [0.4, 0.5) is 5.82 Å². The van der Waals surface area contributed by atoms with Crippen molar-refractivity contribution in [2.75, 3.05) is 5.32 Å². The highest BCUT2D eigenvalue weighted by Gasteiger charge is 2.01. The van der Waals surface area contributed by atoms with Crippen LogP contribution in [-0.4, -0.2) is 24.7 Å². The number of nitrogens with one attached hydrogen (secondary N) is 2. The summed E-state index contributed by atoms with van der Waals surface area (Å²) >= 11 is 5.18. The Labute approximate surface area is 111 Å². The maximum absolute atomic E-state index is 5.18. The fourth-order valence-electron chi connectivity index (χ4n) is 1.50. The SMILES string of the molecule is CCn1cc(CNC(=S)Nc2ccn(C)n2)cn1. The molecular weight excluding hydrogens is 248 g/mol. The lowest BCUT2D eigenvalue weighted by molar-refractivity contribution is 0.659. The van der Waals surface area contributed by atoms with E-state index >= 15 is 0 Å². The zero-order chi connectivity index (χ0) is 13.0. The summed E-state index contributed by atoms with van der Waals surface area (Å²) in [5.41, 5.74) is 1.10. The third kappa shape index (κ3) is 3.30. The molecule has 2 aromatic heterocycles. The van der Waals surface area contributed by atoms with Gasteiger partial charge in [0.2, 0.25) is 0 Å². The lowest BCUT2D eigenvalue weighted by Crippen LogP contribution is -2.28. The molecule has 0 aromatic carbocycles. The highest BCUT2D eigenvalue weighted by molar-refractivity contribution is 7.80. The Balaban J connectivity index is 1.81. The molecule has 2 aromatic rings. The lowest BCUT2D eigenvalue weighted by atomic mass is 10.4. The number of nitrogens with zero attached hydrogens (tertiary/aromatic N) is 4. The van der Waals surface area contributed by atoms with Gasteiger partial charge in [-0.25, -0.2) is 0 Å². The molecule has 2 rings (SSSR count). The first-order valence-electron chi connectivity index (χ1n) is 5.73. The summed E-state index contributed by atoms with van der Waals surface area (Å²) in [6.45, 7) is 3.58. The van der Waals surface area contributed by atoms with Crippen molar-refractivity contribution in [3.05, 3.63) is 30.2 Å². The zero-order valence-electron chi connectivity index (χ0n) is 10.4. The van der Waals surface area contributed by atoms with Gasteiger partial charge in [0.05, 0.1) is 6.20 Å². The molecule has 0 aliphatic rings. The lowest BCUT2D eigenvalue weighted by Gasteiger charge is -2.06. The monoisotopic (exact) mass is 264 g/mol. The second-order valence-electron chi connectivity index (χ2n) is 3.89. The number of aryl methyl sites for hydroxylation is 2. The average Bonchev–Trinajstić information content (AvgIpc) is 2.95. The Morgan fingerprint density at radius 3 is 2.94 bits per heavy atom. The van der Waals surface area contributed by atoms with Crippen LogP contribution >= 0.6 is 12.2 Å². The summed E-state index contributed by atoms with van der Waals surface area (Å²) in [7, 11) is 1.86. The van der Waals surface area contributed by atoms with Gasteiger partial charge in [0.25, 0.3) is 0 Å². The third-order valence-corrected chi connectivity index (χ3v) is 2.67. The van der Waals surface area contributed by atoms with Gasteiger partial charge in [-0.1, -0.05) is 0 Å². The number of aromatic nitrogens is 4. The second kappa shape index (κ2) is 5.63. The van der Waals surface area contributed by atoms with Crippen LogP contribution < -0.4 is 10.6 Å². The molecule has 0 aliphatic heterocycles. The Kier molecular flexibility index (Phi) is 3.93. The van der Waals surface area contributed by atoms with Crippen molar-refractivity contribution < 1.29 is 0 Å². The van der Waals surface area contributed by atoms with Crippen molar-refractivity contribution in [3.8, 4) is 0 Å². The summed E-state index contributed by atoms with van der Waals surface area (Å²) in [6, 6.07) is 1.86. The number of hydrogen-bond donors (Lipinski definition) is 2. The van der Waals surface area contributed by atoms with Gasteiger partial charge in [-0.05, 0) is 19.1 Å². The molecule has 0 spiro atoms. The molecule has 7 heteroatoms. The summed E-state index contributed by atoms with van der Waals surface area (Å²) < 4.78 is 3.60. The van der Waals surface area contributed by atoms with E-state index in [1.54, 1.807) is 4.68 Å². The highest BCUT2D eigenvalue weighted by Crippen LogP contribution is 2.01. The van der Waals surface area contributed by atoms with Crippen molar-refractivity contribution in [3.63, 3.8) is 0 Å². The van der Waals surface area contributed by atoms with Crippen molar-refractivity contribution in [2.45, 2.75) is 20.0 Å². The minimum Gasteiger partial charge on any atom is -0.358 e. The first kappa shape index (κ1) is 12.6. The molecule has 18 heavy (non-hydrogen) atoms. The standard InChI is InChI=1S/C11H16N6S/c1-3-17-8-9(7-13-17)6-12-11(18)14-10-4-5-16(2)15-10/h4-5,7-8H,3,6H2,1-2H3,(H2,12,14,15,18). The third-order valence-electron chi connectivity index (χ3n) is 2.42. The van der Waals surface area contributed by atoms with Crippen LogP contribution in [0.1, 0.15) is 12.5 Å². The summed E-state index contributed by atoms with van der Waals surface area (Å²) in [5, 5.41) is 15.1. The largest absolute Gasteiger partial charge is 0.358 e. The van der Waals surface area contributed by atoms with E-state index in [0.717, 1.165) is 17.9 Å². The normalized spacial score (nSPS) is 10.3. The van der Waals surface area contributed by atoms with Gasteiger partial charge in [0.1, 0.15) is 0 Å². The molecule has 2 heterocycles. The molecule has 0 fully saturated rings. The molecular formula is C11H16N6S. The van der Waals surface area contributed by atoms with Crippen LogP contribution in [0.3, 0.4) is 0 Å². The smallest absolute Gasteiger partial charge is 0.172 e. The van der Waals surface area contributed by atoms with E-state index in [9.17, 15) is 0 Å². The minimum atomic E-state index is 0.554. The van der Waals surface area contributed by atoms with Crippen LogP contribution in [0.2, 0.25) is 0 Å². The fourth-order valence-corrected chi connectivity index (χ4v) is 1.67.